The lowest BCUT2D eigenvalue weighted by Gasteiger charge is -1.98. The Hall–Kier alpha value is -2.43. The quantitative estimate of drug-likeness (QED) is 0.695. The number of nitrogens with one attached hydrogen (secondary N) is 1. The number of halogens is 2. The fraction of sp³-hybridized carbons (Fsp3) is 0.0714. The first-order valence-electron chi connectivity index (χ1n) is 5.80. The molecule has 3 nitrogen and oxygen atoms in total. The summed E-state index contributed by atoms with van der Waals surface area (Å²) in [5.74, 6) is -1.11. The van der Waals surface area contributed by atoms with Crippen LogP contribution in [0.25, 0.3) is 11.0 Å². The standard InChI is InChI=1S/C14H11F2N3/c15-10-6-12-13(7-11(10)16)19-14(18-12)5-8-1-3-9(17)4-2-8/h1-4,6-7H,5,17H2,(H,18,19). The highest BCUT2D eigenvalue weighted by Crippen LogP contribution is 2.18. The molecule has 0 amide bonds. The number of hydrogen-bond acceptors (Lipinski definition) is 2. The van der Waals surface area contributed by atoms with Gasteiger partial charge in [-0.3, -0.25) is 0 Å². The lowest BCUT2D eigenvalue weighted by molar-refractivity contribution is 0.510. The molecule has 0 aliphatic carbocycles. The summed E-state index contributed by atoms with van der Waals surface area (Å²) >= 11 is 0. The number of fused-ring (bicyclic) bond motifs is 1. The molecule has 0 bridgehead atoms. The number of aromatic amines is 1. The van der Waals surface area contributed by atoms with Gasteiger partial charge in [0.15, 0.2) is 11.6 Å². The van der Waals surface area contributed by atoms with Crippen LogP contribution < -0.4 is 5.73 Å². The molecule has 2 aromatic carbocycles. The van der Waals surface area contributed by atoms with Crippen LogP contribution >= 0.6 is 0 Å². The number of nitrogen functional groups attached to an aromatic ring is 1. The molecule has 0 aliphatic rings. The summed E-state index contributed by atoms with van der Waals surface area (Å²) < 4.78 is 26.2. The maximum absolute atomic E-state index is 13.1. The average Bonchev–Trinajstić information content (AvgIpc) is 2.74. The van der Waals surface area contributed by atoms with E-state index in [1.54, 1.807) is 12.1 Å². The summed E-state index contributed by atoms with van der Waals surface area (Å²) in [6, 6.07) is 9.60. The van der Waals surface area contributed by atoms with E-state index < -0.39 is 11.6 Å². The highest BCUT2D eigenvalue weighted by molar-refractivity contribution is 5.75. The van der Waals surface area contributed by atoms with Crippen molar-refractivity contribution in [2.75, 3.05) is 5.73 Å². The summed E-state index contributed by atoms with van der Waals surface area (Å²) in [6.07, 6.45) is 0.554. The van der Waals surface area contributed by atoms with Crippen LogP contribution in [0.2, 0.25) is 0 Å². The van der Waals surface area contributed by atoms with E-state index in [4.69, 9.17) is 5.73 Å². The Bertz CT molecular complexity index is 693. The van der Waals surface area contributed by atoms with Gasteiger partial charge >= 0.3 is 0 Å². The molecule has 0 saturated heterocycles. The van der Waals surface area contributed by atoms with Gasteiger partial charge < -0.3 is 10.7 Å². The van der Waals surface area contributed by atoms with Crippen molar-refractivity contribution in [2.24, 2.45) is 0 Å². The zero-order chi connectivity index (χ0) is 13.4. The number of rotatable bonds is 2. The van der Waals surface area contributed by atoms with Crippen LogP contribution in [0.15, 0.2) is 36.4 Å². The Balaban J connectivity index is 1.95. The zero-order valence-electron chi connectivity index (χ0n) is 9.95. The Labute approximate surface area is 108 Å². The number of anilines is 1. The lowest BCUT2D eigenvalue weighted by atomic mass is 10.1. The molecular weight excluding hydrogens is 248 g/mol. The largest absolute Gasteiger partial charge is 0.399 e. The maximum atomic E-state index is 13.1. The molecule has 3 aromatic rings. The summed E-state index contributed by atoms with van der Waals surface area (Å²) in [5.41, 5.74) is 8.23. The van der Waals surface area contributed by atoms with Gasteiger partial charge in [0.1, 0.15) is 5.82 Å². The second-order valence-corrected chi connectivity index (χ2v) is 4.39. The number of nitrogens with zero attached hydrogens (tertiary/aromatic N) is 1. The predicted octanol–water partition coefficient (Wildman–Crippen LogP) is 3.01. The highest BCUT2D eigenvalue weighted by Gasteiger charge is 2.09. The fourth-order valence-corrected chi connectivity index (χ4v) is 1.97. The normalized spacial score (nSPS) is 11.1. The van der Waals surface area contributed by atoms with Gasteiger partial charge in [-0.1, -0.05) is 12.1 Å². The number of imidazole rings is 1. The Morgan fingerprint density at radius 2 is 1.74 bits per heavy atom. The molecule has 0 fully saturated rings. The van der Waals surface area contributed by atoms with Crippen LogP contribution in [0, 0.1) is 11.6 Å². The fourth-order valence-electron chi connectivity index (χ4n) is 1.97. The molecule has 0 unspecified atom stereocenters. The molecule has 0 radical (unpaired) electrons. The van der Waals surface area contributed by atoms with Crippen molar-refractivity contribution in [3.63, 3.8) is 0 Å². The van der Waals surface area contributed by atoms with Gasteiger partial charge in [0.25, 0.3) is 0 Å². The third kappa shape index (κ3) is 2.27. The van der Waals surface area contributed by atoms with Gasteiger partial charge in [0.2, 0.25) is 0 Å². The molecule has 0 spiro atoms. The molecule has 1 aromatic heterocycles. The molecule has 3 N–H and O–H groups in total. The van der Waals surface area contributed by atoms with E-state index >= 15 is 0 Å². The number of aromatic nitrogens is 2. The van der Waals surface area contributed by atoms with Gasteiger partial charge in [0.05, 0.1) is 11.0 Å². The average molecular weight is 259 g/mol. The second kappa shape index (κ2) is 4.35. The summed E-state index contributed by atoms with van der Waals surface area (Å²) in [4.78, 5) is 7.22. The summed E-state index contributed by atoms with van der Waals surface area (Å²) in [5, 5.41) is 0. The molecule has 0 aliphatic heterocycles. The first kappa shape index (κ1) is 11.6. The van der Waals surface area contributed by atoms with E-state index in [2.05, 4.69) is 9.97 Å². The number of benzene rings is 2. The second-order valence-electron chi connectivity index (χ2n) is 4.39. The third-order valence-corrected chi connectivity index (χ3v) is 2.92. The number of nitrogens with two attached hydrogens (primary N) is 1. The van der Waals surface area contributed by atoms with Crippen LogP contribution in [-0.2, 0) is 6.42 Å². The van der Waals surface area contributed by atoms with E-state index in [0.29, 0.717) is 29.0 Å². The summed E-state index contributed by atoms with van der Waals surface area (Å²) in [7, 11) is 0. The van der Waals surface area contributed by atoms with Crippen molar-refractivity contribution in [3.8, 4) is 0 Å². The SMILES string of the molecule is Nc1ccc(Cc2nc3cc(F)c(F)cc3[nH]2)cc1. The molecule has 96 valence electrons. The van der Waals surface area contributed by atoms with Crippen LogP contribution in [0.3, 0.4) is 0 Å². The minimum Gasteiger partial charge on any atom is -0.399 e. The minimum atomic E-state index is -0.891. The molecule has 19 heavy (non-hydrogen) atoms. The van der Waals surface area contributed by atoms with Crippen molar-refractivity contribution in [1.29, 1.82) is 0 Å². The molecule has 0 saturated carbocycles. The Morgan fingerprint density at radius 1 is 1.05 bits per heavy atom. The molecule has 5 heteroatoms. The van der Waals surface area contributed by atoms with Crippen LogP contribution in [0.1, 0.15) is 11.4 Å². The van der Waals surface area contributed by atoms with Crippen molar-refractivity contribution < 1.29 is 8.78 Å². The van der Waals surface area contributed by atoms with Crippen molar-refractivity contribution in [3.05, 3.63) is 59.4 Å². The van der Waals surface area contributed by atoms with Gasteiger partial charge in [-0.05, 0) is 17.7 Å². The smallest absolute Gasteiger partial charge is 0.161 e. The molecule has 1 heterocycles. The topological polar surface area (TPSA) is 54.7 Å². The predicted molar refractivity (Wildman–Crippen MR) is 69.7 cm³/mol. The van der Waals surface area contributed by atoms with E-state index in [1.165, 1.54) is 0 Å². The zero-order valence-corrected chi connectivity index (χ0v) is 9.95. The Kier molecular flexibility index (Phi) is 2.67. The Morgan fingerprint density at radius 3 is 2.47 bits per heavy atom. The van der Waals surface area contributed by atoms with E-state index in [-0.39, 0.29) is 0 Å². The van der Waals surface area contributed by atoms with Gasteiger partial charge in [-0.25, -0.2) is 13.8 Å². The number of H-pyrrole nitrogens is 1. The monoisotopic (exact) mass is 259 g/mol. The van der Waals surface area contributed by atoms with Crippen molar-refractivity contribution in [1.82, 2.24) is 9.97 Å². The van der Waals surface area contributed by atoms with Crippen LogP contribution in [0.4, 0.5) is 14.5 Å². The lowest BCUT2D eigenvalue weighted by Crippen LogP contribution is -1.91. The van der Waals surface area contributed by atoms with Gasteiger partial charge in [-0.2, -0.15) is 0 Å². The maximum Gasteiger partial charge on any atom is 0.161 e. The molecule has 3 rings (SSSR count). The first-order valence-corrected chi connectivity index (χ1v) is 5.80. The molecule has 0 atom stereocenters. The van der Waals surface area contributed by atoms with Gasteiger partial charge in [-0.15, -0.1) is 0 Å². The molecular formula is C14H11F2N3. The van der Waals surface area contributed by atoms with E-state index in [0.717, 1.165) is 17.7 Å². The van der Waals surface area contributed by atoms with Crippen LogP contribution in [0.5, 0.6) is 0 Å². The van der Waals surface area contributed by atoms with E-state index in [1.807, 2.05) is 12.1 Å². The third-order valence-electron chi connectivity index (χ3n) is 2.92. The van der Waals surface area contributed by atoms with Crippen molar-refractivity contribution in [2.45, 2.75) is 6.42 Å². The van der Waals surface area contributed by atoms with Gasteiger partial charge in [0, 0.05) is 24.2 Å². The van der Waals surface area contributed by atoms with E-state index in [9.17, 15) is 8.78 Å². The van der Waals surface area contributed by atoms with Crippen LogP contribution in [-0.4, -0.2) is 9.97 Å². The highest BCUT2D eigenvalue weighted by atomic mass is 19.2. The number of hydrogen-bond donors (Lipinski definition) is 2. The summed E-state index contributed by atoms with van der Waals surface area (Å²) in [6.45, 7) is 0. The van der Waals surface area contributed by atoms with Crippen molar-refractivity contribution >= 4 is 16.7 Å². The minimum absolute atomic E-state index is 0.421. The first-order chi connectivity index (χ1) is 9.11.